The Bertz CT molecular complexity index is 451. The molecule has 0 bridgehead atoms. The van der Waals surface area contributed by atoms with E-state index in [1.54, 1.807) is 33.2 Å². The summed E-state index contributed by atoms with van der Waals surface area (Å²) in [6.07, 6.45) is 0.142. The van der Waals surface area contributed by atoms with Gasteiger partial charge in [0, 0.05) is 19.7 Å². The van der Waals surface area contributed by atoms with Crippen LogP contribution in [0, 0.1) is 0 Å². The number of amides is 1. The first-order chi connectivity index (χ1) is 8.36. The SMILES string of the molecule is CC(Oc1c(Br)cc(C=O)cc1Br)C(=O)N(C)C. The molecule has 0 aliphatic carbocycles. The summed E-state index contributed by atoms with van der Waals surface area (Å²) in [7, 11) is 3.34. The molecule has 18 heavy (non-hydrogen) atoms. The second kappa shape index (κ2) is 6.33. The van der Waals surface area contributed by atoms with Crippen molar-refractivity contribution in [1.82, 2.24) is 4.90 Å². The molecule has 4 nitrogen and oxygen atoms in total. The van der Waals surface area contributed by atoms with Crippen LogP contribution in [0.4, 0.5) is 0 Å². The Kier molecular flexibility index (Phi) is 5.34. The largest absolute Gasteiger partial charge is 0.479 e. The number of rotatable bonds is 4. The van der Waals surface area contributed by atoms with Gasteiger partial charge in [-0.15, -0.1) is 0 Å². The summed E-state index contributed by atoms with van der Waals surface area (Å²) in [5, 5.41) is 0. The molecule has 0 aliphatic rings. The lowest BCUT2D eigenvalue weighted by molar-refractivity contribution is -0.135. The predicted molar refractivity (Wildman–Crippen MR) is 76.0 cm³/mol. The molecule has 0 fully saturated rings. The van der Waals surface area contributed by atoms with E-state index >= 15 is 0 Å². The summed E-state index contributed by atoms with van der Waals surface area (Å²) >= 11 is 6.63. The number of benzene rings is 1. The van der Waals surface area contributed by atoms with E-state index in [0.717, 1.165) is 6.29 Å². The zero-order valence-electron chi connectivity index (χ0n) is 10.2. The van der Waals surface area contributed by atoms with Gasteiger partial charge in [-0.1, -0.05) is 0 Å². The maximum atomic E-state index is 11.7. The number of likely N-dealkylation sites (N-methyl/N-ethyl adjacent to an activating group) is 1. The first-order valence-corrected chi connectivity index (χ1v) is 6.77. The number of nitrogens with zero attached hydrogens (tertiary/aromatic N) is 1. The maximum Gasteiger partial charge on any atom is 0.262 e. The van der Waals surface area contributed by atoms with Crippen LogP contribution in [-0.4, -0.2) is 37.3 Å². The molecule has 6 heteroatoms. The van der Waals surface area contributed by atoms with E-state index in [2.05, 4.69) is 31.9 Å². The maximum absolute atomic E-state index is 11.7. The topological polar surface area (TPSA) is 46.6 Å². The summed E-state index contributed by atoms with van der Waals surface area (Å²) in [5.41, 5.74) is 0.521. The van der Waals surface area contributed by atoms with Crippen molar-refractivity contribution in [3.8, 4) is 5.75 Å². The zero-order chi connectivity index (χ0) is 13.9. The molecular formula is C12H13Br2NO3. The molecule has 0 radical (unpaired) electrons. The summed E-state index contributed by atoms with van der Waals surface area (Å²) in [6, 6.07) is 3.28. The van der Waals surface area contributed by atoms with Crippen LogP contribution in [-0.2, 0) is 4.79 Å². The predicted octanol–water partition coefficient (Wildman–Crippen LogP) is 2.88. The van der Waals surface area contributed by atoms with Crippen LogP contribution in [0.25, 0.3) is 0 Å². The molecule has 0 saturated heterocycles. The zero-order valence-corrected chi connectivity index (χ0v) is 13.4. The van der Waals surface area contributed by atoms with Crippen LogP contribution in [0.2, 0.25) is 0 Å². The molecule has 0 aromatic heterocycles. The highest BCUT2D eigenvalue weighted by Gasteiger charge is 2.19. The van der Waals surface area contributed by atoms with Crippen molar-refractivity contribution in [3.05, 3.63) is 26.6 Å². The molecule has 1 aromatic rings. The Labute approximate surface area is 123 Å². The molecule has 1 atom stereocenters. The van der Waals surface area contributed by atoms with Gasteiger partial charge in [-0.3, -0.25) is 9.59 Å². The minimum atomic E-state index is -0.602. The average Bonchev–Trinajstić information content (AvgIpc) is 2.31. The Morgan fingerprint density at radius 1 is 1.33 bits per heavy atom. The van der Waals surface area contributed by atoms with Gasteiger partial charge in [0.15, 0.2) is 6.10 Å². The van der Waals surface area contributed by atoms with Crippen LogP contribution in [0.1, 0.15) is 17.3 Å². The van der Waals surface area contributed by atoms with Crippen molar-refractivity contribution in [1.29, 1.82) is 0 Å². The lowest BCUT2D eigenvalue weighted by atomic mass is 10.2. The first kappa shape index (κ1) is 15.2. The Morgan fingerprint density at radius 2 is 1.83 bits per heavy atom. The number of ether oxygens (including phenoxy) is 1. The van der Waals surface area contributed by atoms with Gasteiger partial charge in [0.05, 0.1) is 8.95 Å². The van der Waals surface area contributed by atoms with Crippen molar-refractivity contribution < 1.29 is 14.3 Å². The van der Waals surface area contributed by atoms with Gasteiger partial charge in [0.1, 0.15) is 12.0 Å². The molecule has 0 saturated carbocycles. The second-order valence-corrected chi connectivity index (χ2v) is 5.63. The Hall–Kier alpha value is -0.880. The third-order valence-electron chi connectivity index (χ3n) is 2.24. The van der Waals surface area contributed by atoms with Crippen LogP contribution < -0.4 is 4.74 Å². The number of carbonyl (C=O) groups excluding carboxylic acids is 2. The second-order valence-electron chi connectivity index (χ2n) is 3.92. The fourth-order valence-corrected chi connectivity index (χ4v) is 2.76. The summed E-state index contributed by atoms with van der Waals surface area (Å²) in [4.78, 5) is 23.9. The highest BCUT2D eigenvalue weighted by Crippen LogP contribution is 2.35. The molecule has 0 N–H and O–H groups in total. The minimum absolute atomic E-state index is 0.131. The fraction of sp³-hybridized carbons (Fsp3) is 0.333. The van der Waals surface area contributed by atoms with Crippen LogP contribution in [0.3, 0.4) is 0 Å². The fourth-order valence-electron chi connectivity index (χ4n) is 1.35. The van der Waals surface area contributed by atoms with Gasteiger partial charge in [-0.05, 0) is 50.9 Å². The van der Waals surface area contributed by atoms with Gasteiger partial charge in [-0.2, -0.15) is 0 Å². The average molecular weight is 379 g/mol. The highest BCUT2D eigenvalue weighted by molar-refractivity contribution is 9.11. The third-order valence-corrected chi connectivity index (χ3v) is 3.42. The van der Waals surface area contributed by atoms with Gasteiger partial charge < -0.3 is 9.64 Å². The highest BCUT2D eigenvalue weighted by atomic mass is 79.9. The monoisotopic (exact) mass is 377 g/mol. The van der Waals surface area contributed by atoms with Gasteiger partial charge in [0.2, 0.25) is 0 Å². The van der Waals surface area contributed by atoms with Crippen molar-refractivity contribution in [2.75, 3.05) is 14.1 Å². The number of carbonyl (C=O) groups is 2. The number of hydrogen-bond acceptors (Lipinski definition) is 3. The molecule has 1 unspecified atom stereocenters. The summed E-state index contributed by atoms with van der Waals surface area (Å²) < 4.78 is 6.84. The van der Waals surface area contributed by atoms with E-state index in [4.69, 9.17) is 4.74 Å². The van der Waals surface area contributed by atoms with Crippen molar-refractivity contribution in [2.24, 2.45) is 0 Å². The Morgan fingerprint density at radius 3 is 2.22 bits per heavy atom. The number of halogens is 2. The quantitative estimate of drug-likeness (QED) is 0.757. The van der Waals surface area contributed by atoms with Crippen molar-refractivity contribution in [2.45, 2.75) is 13.0 Å². The van der Waals surface area contributed by atoms with Crippen LogP contribution >= 0.6 is 31.9 Å². The normalized spacial score (nSPS) is 11.8. The van der Waals surface area contributed by atoms with Crippen LogP contribution in [0.5, 0.6) is 5.75 Å². The first-order valence-electron chi connectivity index (χ1n) is 5.19. The molecule has 0 heterocycles. The number of hydrogen-bond donors (Lipinski definition) is 0. The lowest BCUT2D eigenvalue weighted by Gasteiger charge is -2.20. The van der Waals surface area contributed by atoms with E-state index in [-0.39, 0.29) is 5.91 Å². The molecular weight excluding hydrogens is 366 g/mol. The van der Waals surface area contributed by atoms with E-state index in [0.29, 0.717) is 20.3 Å². The summed E-state index contributed by atoms with van der Waals surface area (Å²) in [5.74, 6) is 0.372. The van der Waals surface area contributed by atoms with Gasteiger partial charge in [-0.25, -0.2) is 0 Å². The summed E-state index contributed by atoms with van der Waals surface area (Å²) in [6.45, 7) is 1.68. The van der Waals surface area contributed by atoms with E-state index < -0.39 is 6.10 Å². The Balaban J connectivity index is 2.98. The molecule has 0 aliphatic heterocycles. The van der Waals surface area contributed by atoms with Gasteiger partial charge >= 0.3 is 0 Å². The van der Waals surface area contributed by atoms with Crippen LogP contribution in [0.15, 0.2) is 21.1 Å². The van der Waals surface area contributed by atoms with E-state index in [1.807, 2.05) is 0 Å². The standard InChI is InChI=1S/C12H13Br2NO3/c1-7(12(17)15(2)3)18-11-9(13)4-8(6-16)5-10(11)14/h4-7H,1-3H3. The lowest BCUT2D eigenvalue weighted by Crippen LogP contribution is -2.35. The molecule has 0 spiro atoms. The van der Waals surface area contributed by atoms with Crippen molar-refractivity contribution in [3.63, 3.8) is 0 Å². The smallest absolute Gasteiger partial charge is 0.262 e. The molecule has 1 aromatic carbocycles. The molecule has 1 amide bonds. The van der Waals surface area contributed by atoms with Crippen molar-refractivity contribution >= 4 is 44.1 Å². The van der Waals surface area contributed by atoms with Gasteiger partial charge in [0.25, 0.3) is 5.91 Å². The third kappa shape index (κ3) is 3.55. The molecule has 98 valence electrons. The molecule has 1 rings (SSSR count). The number of aldehydes is 1. The van der Waals surface area contributed by atoms with E-state index in [9.17, 15) is 9.59 Å². The van der Waals surface area contributed by atoms with E-state index in [1.165, 1.54) is 4.90 Å². The minimum Gasteiger partial charge on any atom is -0.479 e.